The van der Waals surface area contributed by atoms with Gasteiger partial charge >= 0.3 is 6.09 Å². The number of likely N-dealkylation sites (tertiary alicyclic amines) is 2. The maximum absolute atomic E-state index is 15.4. The lowest BCUT2D eigenvalue weighted by Crippen LogP contribution is -2.53. The van der Waals surface area contributed by atoms with Gasteiger partial charge in [-0.1, -0.05) is 48.2 Å². The maximum atomic E-state index is 15.4. The van der Waals surface area contributed by atoms with Crippen LogP contribution in [-0.4, -0.2) is 102 Å². The van der Waals surface area contributed by atoms with Crippen molar-refractivity contribution in [2.45, 2.75) is 89.3 Å². The van der Waals surface area contributed by atoms with E-state index in [4.69, 9.17) is 4.74 Å². The van der Waals surface area contributed by atoms with Crippen molar-refractivity contribution in [1.29, 1.82) is 0 Å². The Morgan fingerprint density at radius 2 is 1.80 bits per heavy atom. The number of alkyl halides is 3. The summed E-state index contributed by atoms with van der Waals surface area (Å²) < 4.78 is 50.7. The number of aryl methyl sites for hydroxylation is 1. The molecule has 9 nitrogen and oxygen atoms in total. The minimum Gasteiger partial charge on any atom is -0.444 e. The number of carbonyl (C=O) groups is 2. The molecule has 0 spiro atoms. The van der Waals surface area contributed by atoms with Crippen molar-refractivity contribution in [3.05, 3.63) is 76.9 Å². The van der Waals surface area contributed by atoms with Crippen molar-refractivity contribution < 1.29 is 32.6 Å². The van der Waals surface area contributed by atoms with Crippen molar-refractivity contribution in [3.63, 3.8) is 0 Å². The van der Waals surface area contributed by atoms with Gasteiger partial charge < -0.3 is 25.8 Å². The predicted octanol–water partition coefficient (Wildman–Crippen LogP) is 6.43. The molecular formula is C42H52F3N5O4. The maximum Gasteiger partial charge on any atom is 0.410 e. The van der Waals surface area contributed by atoms with Crippen molar-refractivity contribution in [2.24, 2.45) is 5.92 Å². The van der Waals surface area contributed by atoms with Crippen LogP contribution >= 0.6 is 0 Å². The Morgan fingerprint density at radius 1 is 1.07 bits per heavy atom. The van der Waals surface area contributed by atoms with Crippen molar-refractivity contribution >= 4 is 28.5 Å². The van der Waals surface area contributed by atoms with E-state index in [2.05, 4.69) is 27.8 Å². The van der Waals surface area contributed by atoms with Gasteiger partial charge in [0.2, 0.25) is 0 Å². The number of aliphatic hydroxyl groups is 1. The molecule has 3 saturated heterocycles. The fraction of sp³-hybridized carbons (Fsp3) is 0.524. The smallest absolute Gasteiger partial charge is 0.410 e. The van der Waals surface area contributed by atoms with Crippen LogP contribution in [0.25, 0.3) is 10.8 Å². The molecule has 0 aromatic heterocycles. The van der Waals surface area contributed by atoms with Crippen LogP contribution in [0.2, 0.25) is 0 Å². The highest BCUT2D eigenvalue weighted by Crippen LogP contribution is 2.33. The first-order valence-corrected chi connectivity index (χ1v) is 18.9. The van der Waals surface area contributed by atoms with Gasteiger partial charge in [-0.2, -0.15) is 0 Å². The molecule has 3 aromatic carbocycles. The summed E-state index contributed by atoms with van der Waals surface area (Å²) in [6.45, 7) is 10.6. The Labute approximate surface area is 316 Å². The molecule has 3 fully saturated rings. The second-order valence-electron chi connectivity index (χ2n) is 16.2. The summed E-state index contributed by atoms with van der Waals surface area (Å²) in [5.41, 5.74) is 1.41. The molecule has 0 saturated carbocycles. The van der Waals surface area contributed by atoms with Crippen LogP contribution in [0, 0.1) is 24.7 Å². The van der Waals surface area contributed by atoms with Crippen molar-refractivity contribution in [3.8, 4) is 11.8 Å². The third kappa shape index (κ3) is 9.31. The molecule has 3 aromatic rings. The normalized spacial score (nSPS) is 23.3. The van der Waals surface area contributed by atoms with Crippen LogP contribution in [-0.2, 0) is 4.74 Å². The molecule has 2 amide bonds. The third-order valence-corrected chi connectivity index (χ3v) is 10.6. The number of nitrogens with one attached hydrogen (secondary N) is 3. The van der Waals surface area contributed by atoms with Gasteiger partial charge in [-0.3, -0.25) is 14.6 Å². The van der Waals surface area contributed by atoms with Gasteiger partial charge in [0.1, 0.15) is 17.8 Å². The van der Waals surface area contributed by atoms with E-state index in [1.165, 1.54) is 0 Å². The van der Waals surface area contributed by atoms with E-state index >= 15 is 13.2 Å². The van der Waals surface area contributed by atoms with Gasteiger partial charge in [0.05, 0.1) is 30.7 Å². The van der Waals surface area contributed by atoms with Crippen molar-refractivity contribution in [2.75, 3.05) is 51.1 Å². The molecule has 54 heavy (non-hydrogen) atoms. The minimum atomic E-state index is -3.21. The summed E-state index contributed by atoms with van der Waals surface area (Å²) in [6.07, 6.45) is 0.0124. The SMILES string of the molecule is Cc1ccc(N[C@H]2CN(C(=O)OC(C)(C)C)CC2(F)F)cc1C(=O)N[C@H](C)c1ccc(C#C[C@@H]2CCN(CC3(O)CCNCC3)C[C@@H]2F)c2ccccc12. The molecule has 0 unspecified atom stereocenters. The molecule has 12 heteroatoms. The number of carbonyl (C=O) groups excluding carboxylic acids is 2. The highest BCUT2D eigenvalue weighted by Gasteiger charge is 2.50. The molecule has 6 rings (SSSR count). The lowest BCUT2D eigenvalue weighted by atomic mass is 9.89. The van der Waals surface area contributed by atoms with E-state index < -0.39 is 53.9 Å². The number of fused-ring (bicyclic) bond motifs is 1. The van der Waals surface area contributed by atoms with Gasteiger partial charge in [0.15, 0.2) is 0 Å². The number of rotatable bonds is 7. The van der Waals surface area contributed by atoms with Gasteiger partial charge in [0, 0.05) is 29.9 Å². The molecule has 0 radical (unpaired) electrons. The number of halogens is 3. The number of amides is 2. The molecule has 290 valence electrons. The zero-order valence-electron chi connectivity index (χ0n) is 31.8. The second-order valence-corrected chi connectivity index (χ2v) is 16.2. The number of hydrogen-bond donors (Lipinski definition) is 4. The summed E-state index contributed by atoms with van der Waals surface area (Å²) in [5, 5.41) is 21.9. The average Bonchev–Trinajstić information content (AvgIpc) is 3.41. The second kappa shape index (κ2) is 15.8. The average molecular weight is 748 g/mol. The van der Waals surface area contributed by atoms with Crippen LogP contribution in [0.15, 0.2) is 54.6 Å². The number of β-amino-alcohol motifs (C(OH)–C–C–N with tert-alkyl or cyclic N) is 1. The van der Waals surface area contributed by atoms with E-state index in [1.54, 1.807) is 45.9 Å². The summed E-state index contributed by atoms with van der Waals surface area (Å²) in [5.74, 6) is 2.47. The largest absolute Gasteiger partial charge is 0.444 e. The van der Waals surface area contributed by atoms with Crippen LogP contribution in [0.3, 0.4) is 0 Å². The number of piperidine rings is 2. The molecule has 3 aliphatic rings. The first kappa shape index (κ1) is 39.4. The van der Waals surface area contributed by atoms with E-state index in [1.807, 2.05) is 48.2 Å². The highest BCUT2D eigenvalue weighted by atomic mass is 19.3. The van der Waals surface area contributed by atoms with Gasteiger partial charge in [0.25, 0.3) is 11.8 Å². The fourth-order valence-electron chi connectivity index (χ4n) is 7.63. The van der Waals surface area contributed by atoms with Gasteiger partial charge in [-0.15, -0.1) is 0 Å². The van der Waals surface area contributed by atoms with E-state index in [9.17, 15) is 14.7 Å². The molecule has 0 aliphatic carbocycles. The minimum absolute atomic E-state index is 0.251. The van der Waals surface area contributed by atoms with Crippen molar-refractivity contribution in [1.82, 2.24) is 20.4 Å². The first-order valence-electron chi connectivity index (χ1n) is 18.9. The van der Waals surface area contributed by atoms with Gasteiger partial charge in [-0.25, -0.2) is 18.0 Å². The predicted molar refractivity (Wildman–Crippen MR) is 205 cm³/mol. The summed E-state index contributed by atoms with van der Waals surface area (Å²) >= 11 is 0. The number of anilines is 1. The van der Waals surface area contributed by atoms with E-state index in [0.29, 0.717) is 49.2 Å². The van der Waals surface area contributed by atoms with Crippen LogP contribution < -0.4 is 16.0 Å². The highest BCUT2D eigenvalue weighted by molar-refractivity contribution is 5.97. The first-order chi connectivity index (χ1) is 25.5. The summed E-state index contributed by atoms with van der Waals surface area (Å²) in [4.78, 5) is 29.2. The van der Waals surface area contributed by atoms with Crippen LogP contribution in [0.1, 0.15) is 80.0 Å². The standard InChI is InChI=1S/C42H52F3N5O4/c1-27-10-14-31(48-37-24-50(26-42(37,44)45)39(52)54-40(3,4)5)22-35(27)38(51)47-28(2)32-15-13-29(33-8-6-7-9-34(32)33)11-12-30-16-21-49(23-36(30)43)25-41(53)17-19-46-20-18-41/h6-10,13-15,22,28,30,36-37,46,48,53H,16-21,23-26H2,1-5H3,(H,47,51)/t28-,30-,36+,37+/m1/s1. The summed E-state index contributed by atoms with van der Waals surface area (Å²) in [7, 11) is 0. The van der Waals surface area contributed by atoms with Gasteiger partial charge in [-0.05, 0) is 114 Å². The third-order valence-electron chi connectivity index (χ3n) is 10.6. The lowest BCUT2D eigenvalue weighted by Gasteiger charge is -2.40. The number of nitrogens with zero attached hydrogens (tertiary/aromatic N) is 2. The Kier molecular flexibility index (Phi) is 11.5. The molecule has 4 atom stereocenters. The number of ether oxygens (including phenoxy) is 1. The topological polar surface area (TPSA) is 106 Å². The van der Waals surface area contributed by atoms with E-state index in [-0.39, 0.29) is 19.0 Å². The molecule has 4 N–H and O–H groups in total. The molecule has 3 aliphatic heterocycles. The fourth-order valence-corrected chi connectivity index (χ4v) is 7.63. The molecular weight excluding hydrogens is 695 g/mol. The molecule has 3 heterocycles. The quantitative estimate of drug-likeness (QED) is 0.207. The Morgan fingerprint density at radius 3 is 2.50 bits per heavy atom. The Hall–Kier alpha value is -4.31. The van der Waals surface area contributed by atoms with Crippen LogP contribution in [0.5, 0.6) is 0 Å². The van der Waals surface area contributed by atoms with E-state index in [0.717, 1.165) is 39.9 Å². The number of benzene rings is 3. The number of hydrogen-bond acceptors (Lipinski definition) is 7. The monoisotopic (exact) mass is 747 g/mol. The Balaban J connectivity index is 1.12. The summed E-state index contributed by atoms with van der Waals surface area (Å²) in [6, 6.07) is 14.7. The van der Waals surface area contributed by atoms with Crippen LogP contribution in [0.4, 0.5) is 23.7 Å². The zero-order valence-corrected chi connectivity index (χ0v) is 31.8. The lowest BCUT2D eigenvalue weighted by molar-refractivity contribution is -0.0349. The molecule has 0 bridgehead atoms. The zero-order chi connectivity index (χ0) is 38.8. The Bertz CT molecular complexity index is 1920.